The summed E-state index contributed by atoms with van der Waals surface area (Å²) < 4.78 is 17.4. The van der Waals surface area contributed by atoms with Gasteiger partial charge in [-0.2, -0.15) is 0 Å². The summed E-state index contributed by atoms with van der Waals surface area (Å²) in [6.45, 7) is 5.80. The van der Waals surface area contributed by atoms with E-state index in [4.69, 9.17) is 14.2 Å². The van der Waals surface area contributed by atoms with Crippen LogP contribution in [0.2, 0.25) is 0 Å². The molecule has 1 spiro atoms. The van der Waals surface area contributed by atoms with Crippen molar-refractivity contribution in [1.29, 1.82) is 0 Å². The van der Waals surface area contributed by atoms with Gasteiger partial charge in [0.05, 0.1) is 25.7 Å². The zero-order chi connectivity index (χ0) is 22.7. The van der Waals surface area contributed by atoms with Gasteiger partial charge in [0.15, 0.2) is 5.78 Å². The molecule has 4 rings (SSSR count). The molecule has 2 aliphatic rings. The first-order chi connectivity index (χ1) is 15.4. The molecule has 0 N–H and O–H groups in total. The molecule has 170 valence electrons. The van der Waals surface area contributed by atoms with Crippen LogP contribution >= 0.6 is 0 Å². The molecule has 6 nitrogen and oxygen atoms in total. The van der Waals surface area contributed by atoms with Gasteiger partial charge >= 0.3 is 0 Å². The molecule has 0 unspecified atom stereocenters. The number of aryl methyl sites for hydroxylation is 2. The van der Waals surface area contributed by atoms with E-state index in [0.29, 0.717) is 68.9 Å². The van der Waals surface area contributed by atoms with Gasteiger partial charge in [0.2, 0.25) is 5.91 Å². The summed E-state index contributed by atoms with van der Waals surface area (Å²) in [5.74, 6) is 2.40. The number of piperidine rings is 1. The van der Waals surface area contributed by atoms with Gasteiger partial charge in [-0.3, -0.25) is 9.59 Å². The first-order valence-corrected chi connectivity index (χ1v) is 11.3. The van der Waals surface area contributed by atoms with Gasteiger partial charge < -0.3 is 19.1 Å². The Labute approximate surface area is 189 Å². The fraction of sp³-hybridized carbons (Fsp3) is 0.462. The average Bonchev–Trinajstić information content (AvgIpc) is 2.78. The Morgan fingerprint density at radius 3 is 2.53 bits per heavy atom. The van der Waals surface area contributed by atoms with Crippen molar-refractivity contribution < 1.29 is 23.8 Å². The number of para-hydroxylation sites is 1. The predicted octanol–water partition coefficient (Wildman–Crippen LogP) is 4.50. The molecule has 1 saturated heterocycles. The van der Waals surface area contributed by atoms with Gasteiger partial charge in [-0.05, 0) is 49.6 Å². The van der Waals surface area contributed by atoms with E-state index in [0.717, 1.165) is 16.9 Å². The van der Waals surface area contributed by atoms with Crippen molar-refractivity contribution in [1.82, 2.24) is 4.90 Å². The molecule has 6 heteroatoms. The van der Waals surface area contributed by atoms with Crippen LogP contribution in [0, 0.1) is 13.8 Å². The van der Waals surface area contributed by atoms with E-state index >= 15 is 0 Å². The number of benzene rings is 2. The number of methoxy groups -OCH3 is 1. The quantitative estimate of drug-likeness (QED) is 0.623. The summed E-state index contributed by atoms with van der Waals surface area (Å²) in [5.41, 5.74) is 2.29. The topological polar surface area (TPSA) is 65.1 Å². The zero-order valence-electron chi connectivity index (χ0n) is 19.1. The monoisotopic (exact) mass is 437 g/mol. The number of nitrogens with zero attached hydrogens (tertiary/aromatic N) is 1. The van der Waals surface area contributed by atoms with E-state index in [1.54, 1.807) is 19.2 Å². The third-order valence-corrected chi connectivity index (χ3v) is 6.51. The molecule has 0 bridgehead atoms. The smallest absolute Gasteiger partial charge is 0.222 e. The van der Waals surface area contributed by atoms with Crippen molar-refractivity contribution in [3.63, 3.8) is 0 Å². The lowest BCUT2D eigenvalue weighted by atomic mass is 9.82. The molecule has 0 saturated carbocycles. The minimum absolute atomic E-state index is 0.0774. The number of likely N-dealkylation sites (tertiary alicyclic amines) is 1. The Kier molecular flexibility index (Phi) is 6.40. The molecule has 0 radical (unpaired) electrons. The van der Waals surface area contributed by atoms with Gasteiger partial charge in [-0.25, -0.2) is 0 Å². The maximum absolute atomic E-state index is 12.8. The summed E-state index contributed by atoms with van der Waals surface area (Å²) >= 11 is 0. The van der Waals surface area contributed by atoms with E-state index < -0.39 is 5.60 Å². The van der Waals surface area contributed by atoms with E-state index in [1.165, 1.54) is 0 Å². The lowest BCUT2D eigenvalue weighted by Crippen LogP contribution is -2.52. The highest BCUT2D eigenvalue weighted by molar-refractivity contribution is 6.00. The second-order valence-electron chi connectivity index (χ2n) is 8.80. The van der Waals surface area contributed by atoms with Crippen LogP contribution in [-0.2, 0) is 4.79 Å². The summed E-state index contributed by atoms with van der Waals surface area (Å²) in [6.07, 6.45) is 2.81. The van der Waals surface area contributed by atoms with Gasteiger partial charge in [-0.1, -0.05) is 18.2 Å². The molecule has 1 fully saturated rings. The van der Waals surface area contributed by atoms with Crippen LogP contribution in [0.15, 0.2) is 36.4 Å². The predicted molar refractivity (Wildman–Crippen MR) is 122 cm³/mol. The number of ether oxygens (including phenoxy) is 3. The summed E-state index contributed by atoms with van der Waals surface area (Å²) in [5, 5.41) is 0. The van der Waals surface area contributed by atoms with Crippen molar-refractivity contribution in [3.8, 4) is 17.2 Å². The van der Waals surface area contributed by atoms with Crippen molar-refractivity contribution in [2.45, 2.75) is 51.6 Å². The molecular weight excluding hydrogens is 406 g/mol. The number of ketones is 1. The molecule has 1 amide bonds. The number of rotatable bonds is 6. The highest BCUT2D eigenvalue weighted by atomic mass is 16.5. The van der Waals surface area contributed by atoms with Crippen LogP contribution in [0.3, 0.4) is 0 Å². The molecule has 0 aliphatic carbocycles. The minimum Gasteiger partial charge on any atom is -0.497 e. The van der Waals surface area contributed by atoms with Crippen molar-refractivity contribution in [3.05, 3.63) is 53.1 Å². The Morgan fingerprint density at radius 2 is 1.84 bits per heavy atom. The number of hydrogen-bond donors (Lipinski definition) is 0. The molecule has 0 atom stereocenters. The SMILES string of the molecule is COc1ccc2c(c1)C(=O)CC1(CCN(C(=O)CCCOc3c(C)cccc3C)CC1)O2. The lowest BCUT2D eigenvalue weighted by Gasteiger charge is -2.44. The van der Waals surface area contributed by atoms with Gasteiger partial charge in [0.1, 0.15) is 22.8 Å². The molecular formula is C26H31NO5. The second kappa shape index (κ2) is 9.23. The Bertz CT molecular complexity index is 987. The first kappa shape index (κ1) is 22.2. The second-order valence-corrected chi connectivity index (χ2v) is 8.80. The molecule has 2 heterocycles. The normalized spacial score (nSPS) is 17.0. The first-order valence-electron chi connectivity index (χ1n) is 11.3. The van der Waals surface area contributed by atoms with Crippen LogP contribution in [0.25, 0.3) is 0 Å². The summed E-state index contributed by atoms with van der Waals surface area (Å²) in [4.78, 5) is 27.3. The highest BCUT2D eigenvalue weighted by Crippen LogP contribution is 2.40. The van der Waals surface area contributed by atoms with E-state index in [-0.39, 0.29) is 11.7 Å². The van der Waals surface area contributed by atoms with Crippen LogP contribution in [0.5, 0.6) is 17.2 Å². The van der Waals surface area contributed by atoms with Crippen LogP contribution in [-0.4, -0.2) is 49.0 Å². The molecule has 2 aromatic carbocycles. The Hall–Kier alpha value is -3.02. The third-order valence-electron chi connectivity index (χ3n) is 6.51. The molecule has 2 aliphatic heterocycles. The van der Waals surface area contributed by atoms with Crippen LogP contribution < -0.4 is 14.2 Å². The standard InChI is InChI=1S/C26H31NO5/c1-18-6-4-7-19(2)25(18)31-15-5-8-24(29)27-13-11-26(12-14-27)17-22(28)21-16-20(30-3)9-10-23(21)32-26/h4,6-7,9-10,16H,5,8,11-15,17H2,1-3H3. The summed E-state index contributed by atoms with van der Waals surface area (Å²) in [7, 11) is 1.58. The van der Waals surface area contributed by atoms with Crippen LogP contribution in [0.4, 0.5) is 0 Å². The van der Waals surface area contributed by atoms with Gasteiger partial charge in [0.25, 0.3) is 0 Å². The number of carbonyl (C=O) groups excluding carboxylic acids is 2. The third kappa shape index (κ3) is 4.59. The van der Waals surface area contributed by atoms with Crippen LogP contribution in [0.1, 0.15) is 53.6 Å². The summed E-state index contributed by atoms with van der Waals surface area (Å²) in [6, 6.07) is 11.4. The Morgan fingerprint density at radius 1 is 1.12 bits per heavy atom. The van der Waals surface area contributed by atoms with E-state index in [9.17, 15) is 9.59 Å². The maximum atomic E-state index is 12.8. The largest absolute Gasteiger partial charge is 0.497 e. The number of amides is 1. The average molecular weight is 438 g/mol. The zero-order valence-corrected chi connectivity index (χ0v) is 19.1. The Balaban J connectivity index is 1.27. The van der Waals surface area contributed by atoms with Gasteiger partial charge in [-0.15, -0.1) is 0 Å². The number of hydrogen-bond acceptors (Lipinski definition) is 5. The molecule has 32 heavy (non-hydrogen) atoms. The highest BCUT2D eigenvalue weighted by Gasteiger charge is 2.43. The lowest BCUT2D eigenvalue weighted by molar-refractivity contribution is -0.135. The molecule has 0 aromatic heterocycles. The minimum atomic E-state index is -0.513. The fourth-order valence-electron chi connectivity index (χ4n) is 4.63. The van der Waals surface area contributed by atoms with E-state index in [1.807, 2.05) is 43.0 Å². The van der Waals surface area contributed by atoms with Crippen molar-refractivity contribution >= 4 is 11.7 Å². The molecule has 2 aromatic rings. The van der Waals surface area contributed by atoms with Crippen molar-refractivity contribution in [2.24, 2.45) is 0 Å². The fourth-order valence-corrected chi connectivity index (χ4v) is 4.63. The number of Topliss-reactive ketones (excluding diaryl/α,β-unsaturated/α-hetero) is 1. The van der Waals surface area contributed by atoms with E-state index in [2.05, 4.69) is 0 Å². The number of carbonyl (C=O) groups is 2. The maximum Gasteiger partial charge on any atom is 0.222 e. The van der Waals surface area contributed by atoms with Crippen molar-refractivity contribution in [2.75, 3.05) is 26.8 Å². The number of fused-ring (bicyclic) bond motifs is 1. The van der Waals surface area contributed by atoms with Gasteiger partial charge in [0, 0.05) is 32.4 Å².